The van der Waals surface area contributed by atoms with E-state index in [0.29, 0.717) is 23.0 Å². The zero-order valence-corrected chi connectivity index (χ0v) is 19.6. The molecule has 5 nitrogen and oxygen atoms in total. The van der Waals surface area contributed by atoms with Gasteiger partial charge in [-0.2, -0.15) is 4.98 Å². The van der Waals surface area contributed by atoms with Crippen molar-refractivity contribution in [3.05, 3.63) is 57.9 Å². The van der Waals surface area contributed by atoms with Crippen LogP contribution in [0.2, 0.25) is 0 Å². The summed E-state index contributed by atoms with van der Waals surface area (Å²) < 4.78 is 57.2. The van der Waals surface area contributed by atoms with E-state index in [1.807, 2.05) is 22.6 Å². The van der Waals surface area contributed by atoms with Gasteiger partial charge in [0.05, 0.1) is 11.4 Å². The molecule has 1 heterocycles. The van der Waals surface area contributed by atoms with E-state index in [2.05, 4.69) is 25.3 Å². The van der Waals surface area contributed by atoms with Gasteiger partial charge >= 0.3 is 6.36 Å². The summed E-state index contributed by atoms with van der Waals surface area (Å²) in [4.78, 5) is 9.00. The second-order valence-electron chi connectivity index (χ2n) is 7.77. The summed E-state index contributed by atoms with van der Waals surface area (Å²) in [6.07, 6.45) is 0.561. The van der Waals surface area contributed by atoms with Crippen LogP contribution < -0.4 is 15.4 Å². The molecule has 0 radical (unpaired) electrons. The fourth-order valence-corrected chi connectivity index (χ4v) is 4.19. The highest BCUT2D eigenvalue weighted by Gasteiger charge is 2.31. The lowest BCUT2D eigenvalue weighted by molar-refractivity contribution is -0.274. The Bertz CT molecular complexity index is 1120. The topological polar surface area (TPSA) is 59.1 Å². The van der Waals surface area contributed by atoms with Crippen molar-refractivity contribution in [1.29, 1.82) is 0 Å². The number of ether oxygens (including phenoxy) is 1. The molecule has 1 aliphatic rings. The summed E-state index contributed by atoms with van der Waals surface area (Å²) in [6.45, 7) is 0. The van der Waals surface area contributed by atoms with Gasteiger partial charge in [-0.3, -0.25) is 0 Å². The van der Waals surface area contributed by atoms with Crippen LogP contribution >= 0.6 is 22.6 Å². The van der Waals surface area contributed by atoms with Gasteiger partial charge in [-0.15, -0.1) is 13.2 Å². The predicted molar refractivity (Wildman–Crippen MR) is 127 cm³/mol. The highest BCUT2D eigenvalue weighted by Crippen LogP contribution is 2.30. The van der Waals surface area contributed by atoms with E-state index in [-0.39, 0.29) is 17.5 Å². The summed E-state index contributed by atoms with van der Waals surface area (Å²) >= 11 is 2.02. The van der Waals surface area contributed by atoms with Crippen LogP contribution in [0.3, 0.4) is 0 Å². The molecule has 1 aliphatic carbocycles. The summed E-state index contributed by atoms with van der Waals surface area (Å²) in [7, 11) is 0. The molecule has 0 unspecified atom stereocenters. The largest absolute Gasteiger partial charge is 0.573 e. The Morgan fingerprint density at radius 2 is 1.76 bits per heavy atom. The van der Waals surface area contributed by atoms with Gasteiger partial charge in [0.2, 0.25) is 5.95 Å². The van der Waals surface area contributed by atoms with Crippen LogP contribution in [0.5, 0.6) is 5.75 Å². The van der Waals surface area contributed by atoms with Crippen LogP contribution in [-0.2, 0) is 0 Å². The van der Waals surface area contributed by atoms with E-state index in [9.17, 15) is 17.6 Å². The molecule has 10 heteroatoms. The maximum Gasteiger partial charge on any atom is 0.573 e. The molecule has 0 amide bonds. The first-order chi connectivity index (χ1) is 15.7. The summed E-state index contributed by atoms with van der Waals surface area (Å²) in [6, 6.07) is 12.1. The number of halogens is 5. The van der Waals surface area contributed by atoms with E-state index in [4.69, 9.17) is 0 Å². The molecule has 33 heavy (non-hydrogen) atoms. The molecule has 4 rings (SSSR count). The minimum Gasteiger partial charge on any atom is -0.406 e. The number of benzene rings is 2. The lowest BCUT2D eigenvalue weighted by atomic mass is 9.96. The third-order valence-corrected chi connectivity index (χ3v) is 5.89. The zero-order chi connectivity index (χ0) is 23.4. The number of hydrogen-bond acceptors (Lipinski definition) is 5. The van der Waals surface area contributed by atoms with Crippen LogP contribution in [0.1, 0.15) is 32.1 Å². The van der Waals surface area contributed by atoms with E-state index < -0.39 is 12.2 Å². The van der Waals surface area contributed by atoms with Gasteiger partial charge < -0.3 is 15.4 Å². The maximum atomic E-state index is 14.4. The van der Waals surface area contributed by atoms with E-state index in [1.165, 1.54) is 30.7 Å². The summed E-state index contributed by atoms with van der Waals surface area (Å²) in [5, 5.41) is 6.28. The van der Waals surface area contributed by atoms with E-state index in [1.54, 1.807) is 24.3 Å². The van der Waals surface area contributed by atoms with Crippen molar-refractivity contribution < 1.29 is 22.3 Å². The molecule has 3 aromatic rings. The van der Waals surface area contributed by atoms with Crippen LogP contribution in [-0.4, -0.2) is 22.4 Å². The third kappa shape index (κ3) is 6.68. The second-order valence-corrected chi connectivity index (χ2v) is 9.01. The van der Waals surface area contributed by atoms with Crippen LogP contribution in [0.15, 0.2) is 48.5 Å². The fraction of sp³-hybridized carbons (Fsp3) is 0.304. The summed E-state index contributed by atoms with van der Waals surface area (Å²) in [5.74, 6) is -0.140. The van der Waals surface area contributed by atoms with Gasteiger partial charge in [0.15, 0.2) is 0 Å². The Hall–Kier alpha value is -2.63. The average molecular weight is 572 g/mol. The number of rotatable bonds is 6. The lowest BCUT2D eigenvalue weighted by Crippen LogP contribution is -2.23. The third-order valence-electron chi connectivity index (χ3n) is 5.22. The number of nitrogens with zero attached hydrogens (tertiary/aromatic N) is 2. The first kappa shape index (κ1) is 23.5. The maximum absolute atomic E-state index is 14.4. The minimum absolute atomic E-state index is 0.205. The minimum atomic E-state index is -4.80. The molecule has 0 spiro atoms. The quantitative estimate of drug-likeness (QED) is 0.240. The van der Waals surface area contributed by atoms with Crippen molar-refractivity contribution in [3.8, 4) is 17.0 Å². The highest BCUT2D eigenvalue weighted by atomic mass is 127. The number of anilines is 3. The lowest BCUT2D eigenvalue weighted by Gasteiger charge is -2.23. The molecule has 1 aromatic heterocycles. The smallest absolute Gasteiger partial charge is 0.406 e. The highest BCUT2D eigenvalue weighted by molar-refractivity contribution is 14.1. The van der Waals surface area contributed by atoms with Gasteiger partial charge in [0, 0.05) is 21.2 Å². The fourth-order valence-electron chi connectivity index (χ4n) is 3.73. The molecular weight excluding hydrogens is 551 g/mol. The molecule has 174 valence electrons. The van der Waals surface area contributed by atoms with E-state index >= 15 is 0 Å². The second kappa shape index (κ2) is 10.1. The number of nitrogens with one attached hydrogen (secondary N) is 2. The standard InChI is InChI=1S/C23H21F4IN4O/c24-18-12-15(28)9-10-19(18)30-21-13-20(14-5-4-8-17(11-14)33-23(25,26)27)31-22(32-21)29-16-6-2-1-3-7-16/h4-5,8-13,16H,1-3,6-7H2,(H2,29,30,31,32). The monoisotopic (exact) mass is 572 g/mol. The van der Waals surface area contributed by atoms with Crippen LogP contribution in [0.25, 0.3) is 11.3 Å². The molecular formula is C23H21F4IN4O. The SMILES string of the molecule is Fc1cc(I)ccc1Nc1cc(-c2cccc(OC(F)(F)F)c2)nc(NC2CCCCC2)n1. The van der Waals surface area contributed by atoms with Crippen molar-refractivity contribution in [1.82, 2.24) is 9.97 Å². The van der Waals surface area contributed by atoms with Crippen molar-refractivity contribution in [2.24, 2.45) is 0 Å². The number of hydrogen-bond donors (Lipinski definition) is 2. The van der Waals surface area contributed by atoms with Gasteiger partial charge in [0.25, 0.3) is 0 Å². The van der Waals surface area contributed by atoms with Gasteiger partial charge in [-0.05, 0) is 65.8 Å². The average Bonchev–Trinajstić information content (AvgIpc) is 2.75. The molecule has 2 N–H and O–H groups in total. The Kier molecular flexibility index (Phi) is 7.20. The van der Waals surface area contributed by atoms with Crippen LogP contribution in [0, 0.1) is 9.39 Å². The van der Waals surface area contributed by atoms with Crippen molar-refractivity contribution >= 4 is 40.0 Å². The molecule has 0 bridgehead atoms. The number of aromatic nitrogens is 2. The van der Waals surface area contributed by atoms with Gasteiger partial charge in [0.1, 0.15) is 17.4 Å². The predicted octanol–water partition coefficient (Wildman–Crippen LogP) is 7.27. The van der Waals surface area contributed by atoms with Crippen molar-refractivity contribution in [2.45, 2.75) is 44.5 Å². The molecule has 1 fully saturated rings. The van der Waals surface area contributed by atoms with Crippen molar-refractivity contribution in [3.63, 3.8) is 0 Å². The molecule has 1 saturated carbocycles. The normalized spacial score (nSPS) is 14.7. The molecule has 0 saturated heterocycles. The first-order valence-corrected chi connectivity index (χ1v) is 11.6. The summed E-state index contributed by atoms with van der Waals surface area (Å²) in [5.41, 5.74) is 1.03. The molecule has 0 atom stereocenters. The number of alkyl halides is 3. The van der Waals surface area contributed by atoms with Crippen LogP contribution in [0.4, 0.5) is 35.0 Å². The Morgan fingerprint density at radius 3 is 2.48 bits per heavy atom. The Labute approximate surface area is 202 Å². The van der Waals surface area contributed by atoms with Gasteiger partial charge in [-0.1, -0.05) is 31.4 Å². The van der Waals surface area contributed by atoms with Gasteiger partial charge in [-0.25, -0.2) is 9.37 Å². The Morgan fingerprint density at radius 1 is 0.970 bits per heavy atom. The molecule has 2 aromatic carbocycles. The van der Waals surface area contributed by atoms with Crippen molar-refractivity contribution in [2.75, 3.05) is 10.6 Å². The zero-order valence-electron chi connectivity index (χ0n) is 17.4. The molecule has 0 aliphatic heterocycles. The first-order valence-electron chi connectivity index (χ1n) is 10.5. The van der Waals surface area contributed by atoms with E-state index in [0.717, 1.165) is 29.3 Å². The Balaban J connectivity index is 1.68.